The Kier molecular flexibility index (Phi) is 4.96. The molecule has 25 heavy (non-hydrogen) atoms. The molecule has 2 N–H and O–H groups in total. The van der Waals surface area contributed by atoms with Gasteiger partial charge in [0.1, 0.15) is 5.41 Å². The van der Waals surface area contributed by atoms with Crippen molar-refractivity contribution < 1.29 is 9.59 Å². The van der Waals surface area contributed by atoms with Gasteiger partial charge in [0.15, 0.2) is 0 Å². The van der Waals surface area contributed by atoms with Crippen LogP contribution in [0.4, 0.5) is 11.4 Å². The van der Waals surface area contributed by atoms with Crippen molar-refractivity contribution in [2.45, 2.75) is 19.8 Å². The predicted octanol–water partition coefficient (Wildman–Crippen LogP) is 5.31. The highest BCUT2D eigenvalue weighted by atomic mass is 35.5. The maximum absolute atomic E-state index is 12.7. The van der Waals surface area contributed by atoms with Gasteiger partial charge in [0.2, 0.25) is 11.8 Å². The number of hydrogen-bond donors (Lipinski definition) is 2. The van der Waals surface area contributed by atoms with Crippen LogP contribution in [-0.2, 0) is 9.59 Å². The number of amides is 2. The van der Waals surface area contributed by atoms with Gasteiger partial charge in [0.05, 0.1) is 0 Å². The first-order valence-electron chi connectivity index (χ1n) is 7.66. The van der Waals surface area contributed by atoms with Gasteiger partial charge in [-0.1, -0.05) is 40.9 Å². The Morgan fingerprint density at radius 2 is 1.56 bits per heavy atom. The Balaban J connectivity index is 1.75. The fourth-order valence-electron chi connectivity index (χ4n) is 2.54. The molecule has 1 aliphatic rings. The standard InChI is InChI=1S/C18H15Cl3N2O2/c1-10-14(21)3-2-4-15(10)23-17(25)18(5-6-18)16(24)22-13-8-11(19)7-12(20)9-13/h2-4,7-9H,5-6H2,1H3,(H,22,24)(H,23,25). The second-order valence-corrected chi connectivity index (χ2v) is 7.34. The molecule has 7 heteroatoms. The van der Waals surface area contributed by atoms with E-state index in [0.29, 0.717) is 39.3 Å². The molecule has 0 unspecified atom stereocenters. The minimum Gasteiger partial charge on any atom is -0.325 e. The number of carbonyl (C=O) groups excluding carboxylic acids is 2. The van der Waals surface area contributed by atoms with Crippen LogP contribution in [0.3, 0.4) is 0 Å². The first kappa shape index (κ1) is 18.1. The van der Waals surface area contributed by atoms with Crippen LogP contribution in [0.15, 0.2) is 36.4 Å². The van der Waals surface area contributed by atoms with Crippen LogP contribution in [0.1, 0.15) is 18.4 Å². The summed E-state index contributed by atoms with van der Waals surface area (Å²) >= 11 is 17.9. The van der Waals surface area contributed by atoms with E-state index in [1.165, 1.54) is 0 Å². The molecule has 2 aromatic carbocycles. The summed E-state index contributed by atoms with van der Waals surface area (Å²) in [5.74, 6) is -0.716. The van der Waals surface area contributed by atoms with E-state index in [4.69, 9.17) is 34.8 Å². The van der Waals surface area contributed by atoms with E-state index in [0.717, 1.165) is 5.56 Å². The van der Waals surface area contributed by atoms with Crippen LogP contribution < -0.4 is 10.6 Å². The van der Waals surface area contributed by atoms with Crippen molar-refractivity contribution in [1.29, 1.82) is 0 Å². The molecule has 2 amide bonds. The lowest BCUT2D eigenvalue weighted by atomic mass is 10.0. The Bertz CT molecular complexity index is 843. The monoisotopic (exact) mass is 396 g/mol. The third kappa shape index (κ3) is 3.76. The molecule has 0 heterocycles. The van der Waals surface area contributed by atoms with Crippen LogP contribution >= 0.6 is 34.8 Å². The molecule has 4 nitrogen and oxygen atoms in total. The van der Waals surface area contributed by atoms with Gasteiger partial charge in [0.25, 0.3) is 0 Å². The molecule has 0 aliphatic heterocycles. The Morgan fingerprint density at radius 3 is 2.16 bits per heavy atom. The van der Waals surface area contributed by atoms with Crippen LogP contribution in [-0.4, -0.2) is 11.8 Å². The molecule has 0 aromatic heterocycles. The molecular weight excluding hydrogens is 383 g/mol. The van der Waals surface area contributed by atoms with E-state index in [2.05, 4.69) is 10.6 Å². The lowest BCUT2D eigenvalue weighted by molar-refractivity contribution is -0.131. The lowest BCUT2D eigenvalue weighted by Gasteiger charge is -2.17. The van der Waals surface area contributed by atoms with E-state index in [-0.39, 0.29) is 11.8 Å². The Labute approximate surface area is 160 Å². The number of nitrogens with one attached hydrogen (secondary N) is 2. The molecule has 1 aliphatic carbocycles. The van der Waals surface area contributed by atoms with E-state index < -0.39 is 5.41 Å². The summed E-state index contributed by atoms with van der Waals surface area (Å²) < 4.78 is 0. The highest BCUT2D eigenvalue weighted by Gasteiger charge is 2.56. The smallest absolute Gasteiger partial charge is 0.240 e. The van der Waals surface area contributed by atoms with Gasteiger partial charge in [-0.05, 0) is 55.7 Å². The zero-order chi connectivity index (χ0) is 18.2. The van der Waals surface area contributed by atoms with Crippen molar-refractivity contribution in [2.75, 3.05) is 10.6 Å². The quantitative estimate of drug-likeness (QED) is 0.687. The SMILES string of the molecule is Cc1c(Cl)cccc1NC(=O)C1(C(=O)Nc2cc(Cl)cc(Cl)c2)CC1. The molecule has 2 aromatic rings. The average molecular weight is 398 g/mol. The summed E-state index contributed by atoms with van der Waals surface area (Å²) in [5.41, 5.74) is 0.738. The van der Waals surface area contributed by atoms with E-state index >= 15 is 0 Å². The maximum atomic E-state index is 12.7. The minimum absolute atomic E-state index is 0.344. The average Bonchev–Trinajstić information content (AvgIpc) is 3.32. The normalized spacial score (nSPS) is 14.7. The van der Waals surface area contributed by atoms with Gasteiger partial charge >= 0.3 is 0 Å². The summed E-state index contributed by atoms with van der Waals surface area (Å²) in [4.78, 5) is 25.3. The topological polar surface area (TPSA) is 58.2 Å². The fourth-order valence-corrected chi connectivity index (χ4v) is 3.24. The van der Waals surface area contributed by atoms with Gasteiger partial charge in [-0.15, -0.1) is 0 Å². The lowest BCUT2D eigenvalue weighted by Crippen LogP contribution is -2.35. The van der Waals surface area contributed by atoms with Crippen molar-refractivity contribution in [3.8, 4) is 0 Å². The number of benzene rings is 2. The number of rotatable bonds is 4. The van der Waals surface area contributed by atoms with Crippen molar-refractivity contribution >= 4 is 58.0 Å². The molecule has 130 valence electrons. The zero-order valence-corrected chi connectivity index (χ0v) is 15.6. The molecule has 0 bridgehead atoms. The van der Waals surface area contributed by atoms with Gasteiger partial charge in [0, 0.05) is 26.4 Å². The molecule has 0 spiro atoms. The molecule has 1 fully saturated rings. The summed E-state index contributed by atoms with van der Waals surface area (Å²) in [6, 6.07) is 9.98. The van der Waals surface area contributed by atoms with E-state index in [1.54, 1.807) is 36.4 Å². The largest absolute Gasteiger partial charge is 0.325 e. The molecule has 0 radical (unpaired) electrons. The molecule has 0 atom stereocenters. The minimum atomic E-state index is -1.08. The number of anilines is 2. The second-order valence-electron chi connectivity index (χ2n) is 6.06. The van der Waals surface area contributed by atoms with Crippen LogP contribution in [0.5, 0.6) is 0 Å². The van der Waals surface area contributed by atoms with Gasteiger partial charge in [-0.2, -0.15) is 0 Å². The van der Waals surface area contributed by atoms with Crippen LogP contribution in [0.2, 0.25) is 15.1 Å². The van der Waals surface area contributed by atoms with Crippen LogP contribution in [0.25, 0.3) is 0 Å². The summed E-state index contributed by atoms with van der Waals surface area (Å²) in [7, 11) is 0. The van der Waals surface area contributed by atoms with E-state index in [1.807, 2.05) is 6.92 Å². The third-order valence-corrected chi connectivity index (χ3v) is 5.10. The predicted molar refractivity (Wildman–Crippen MR) is 102 cm³/mol. The zero-order valence-electron chi connectivity index (χ0n) is 13.3. The second kappa shape index (κ2) is 6.87. The Hall–Kier alpha value is -1.75. The molecule has 3 rings (SSSR count). The Morgan fingerprint density at radius 1 is 0.960 bits per heavy atom. The number of hydrogen-bond acceptors (Lipinski definition) is 2. The highest BCUT2D eigenvalue weighted by Crippen LogP contribution is 2.48. The van der Waals surface area contributed by atoms with Gasteiger partial charge in [-0.3, -0.25) is 9.59 Å². The van der Waals surface area contributed by atoms with E-state index in [9.17, 15) is 9.59 Å². The van der Waals surface area contributed by atoms with Crippen molar-refractivity contribution in [3.05, 3.63) is 57.0 Å². The molecule has 1 saturated carbocycles. The first-order chi connectivity index (χ1) is 11.8. The van der Waals surface area contributed by atoms with Crippen molar-refractivity contribution in [1.82, 2.24) is 0 Å². The van der Waals surface area contributed by atoms with Crippen molar-refractivity contribution in [3.63, 3.8) is 0 Å². The summed E-state index contributed by atoms with van der Waals surface area (Å²) in [6.07, 6.45) is 0.969. The molecule has 0 saturated heterocycles. The third-order valence-electron chi connectivity index (χ3n) is 4.26. The number of halogens is 3. The summed E-state index contributed by atoms with van der Waals surface area (Å²) in [5, 5.41) is 6.91. The summed E-state index contributed by atoms with van der Waals surface area (Å²) in [6.45, 7) is 1.81. The van der Waals surface area contributed by atoms with Crippen molar-refractivity contribution in [2.24, 2.45) is 5.41 Å². The highest BCUT2D eigenvalue weighted by molar-refractivity contribution is 6.35. The number of carbonyl (C=O) groups is 2. The molecular formula is C18H15Cl3N2O2. The first-order valence-corrected chi connectivity index (χ1v) is 8.79. The fraction of sp³-hybridized carbons (Fsp3) is 0.222. The van der Waals surface area contributed by atoms with Gasteiger partial charge in [-0.25, -0.2) is 0 Å². The van der Waals surface area contributed by atoms with Crippen LogP contribution in [0, 0.1) is 12.3 Å². The maximum Gasteiger partial charge on any atom is 0.240 e. The van der Waals surface area contributed by atoms with Gasteiger partial charge < -0.3 is 10.6 Å².